The van der Waals surface area contributed by atoms with Gasteiger partial charge in [0.25, 0.3) is 6.29 Å². The molecule has 11 heteroatoms. The quantitative estimate of drug-likeness (QED) is 0.154. The lowest BCUT2D eigenvalue weighted by molar-refractivity contribution is -0.270. The average Bonchev–Trinajstić information content (AvgIpc) is 3.70. The van der Waals surface area contributed by atoms with E-state index in [0.29, 0.717) is 42.7 Å². The molecule has 3 aliphatic rings. The highest BCUT2D eigenvalue weighted by Crippen LogP contribution is 2.48. The first-order valence-corrected chi connectivity index (χ1v) is 17.0. The van der Waals surface area contributed by atoms with Crippen molar-refractivity contribution in [3.63, 3.8) is 0 Å². The van der Waals surface area contributed by atoms with Crippen LogP contribution in [0.4, 0.5) is 21.5 Å². The molecule has 0 amide bonds. The average molecular weight is 668 g/mol. The van der Waals surface area contributed by atoms with Crippen LogP contribution in [0.5, 0.6) is 11.5 Å². The summed E-state index contributed by atoms with van der Waals surface area (Å²) < 4.78 is 32.2. The fourth-order valence-electron chi connectivity index (χ4n) is 6.68. The van der Waals surface area contributed by atoms with E-state index in [-0.39, 0.29) is 11.5 Å². The van der Waals surface area contributed by atoms with Crippen molar-refractivity contribution in [2.45, 2.75) is 77.6 Å². The van der Waals surface area contributed by atoms with Gasteiger partial charge in [-0.2, -0.15) is 5.26 Å². The molecule has 2 N–H and O–H groups in total. The van der Waals surface area contributed by atoms with E-state index < -0.39 is 12.1 Å². The summed E-state index contributed by atoms with van der Waals surface area (Å²) in [6.07, 6.45) is 3.13. The molecule has 1 aliphatic carbocycles. The van der Waals surface area contributed by atoms with E-state index in [9.17, 15) is 5.26 Å². The van der Waals surface area contributed by atoms with Crippen molar-refractivity contribution in [3.05, 3.63) is 83.0 Å². The summed E-state index contributed by atoms with van der Waals surface area (Å²) in [5.74, 6) is 1.58. The summed E-state index contributed by atoms with van der Waals surface area (Å²) in [5, 5.41) is 17.2. The number of anilines is 3. The number of benzene rings is 3. The lowest BCUT2D eigenvalue weighted by atomic mass is 9.96. The van der Waals surface area contributed by atoms with Gasteiger partial charge in [-0.15, -0.1) is 0 Å². The van der Waals surface area contributed by atoms with Crippen LogP contribution >= 0.6 is 0 Å². The van der Waals surface area contributed by atoms with Gasteiger partial charge in [0, 0.05) is 48.6 Å². The second-order valence-electron chi connectivity index (χ2n) is 13.5. The Morgan fingerprint density at radius 1 is 1.06 bits per heavy atom. The van der Waals surface area contributed by atoms with Gasteiger partial charge in [0.2, 0.25) is 0 Å². The molecule has 1 aromatic heterocycles. The van der Waals surface area contributed by atoms with E-state index in [1.54, 1.807) is 6.07 Å². The zero-order valence-electron chi connectivity index (χ0n) is 28.3. The number of hydrogen-bond acceptors (Lipinski definition) is 10. The van der Waals surface area contributed by atoms with Gasteiger partial charge in [-0.05, 0) is 87.3 Å². The Hall–Kier alpha value is -4.63. The van der Waals surface area contributed by atoms with Crippen molar-refractivity contribution >= 4 is 17.1 Å². The van der Waals surface area contributed by atoms with Gasteiger partial charge in [0.1, 0.15) is 11.6 Å². The molecule has 0 spiro atoms. The first kappa shape index (κ1) is 32.9. The maximum atomic E-state index is 15.0. The van der Waals surface area contributed by atoms with E-state index >= 15 is 4.39 Å². The predicted molar refractivity (Wildman–Crippen MR) is 183 cm³/mol. The third-order valence-corrected chi connectivity index (χ3v) is 9.90. The number of nitriles is 1. The number of halogens is 1. The molecule has 1 saturated carbocycles. The number of nitrogens with zero attached hydrogens (tertiary/aromatic N) is 3. The van der Waals surface area contributed by atoms with Gasteiger partial charge in [-0.3, -0.25) is 9.68 Å². The van der Waals surface area contributed by atoms with Crippen LogP contribution in [0, 0.1) is 43.8 Å². The summed E-state index contributed by atoms with van der Waals surface area (Å²) in [5.41, 5.74) is 9.80. The van der Waals surface area contributed by atoms with Crippen molar-refractivity contribution in [1.29, 1.82) is 5.26 Å². The smallest absolute Gasteiger partial charge is 0.269 e. The van der Waals surface area contributed by atoms with Crippen molar-refractivity contribution in [2.75, 3.05) is 29.9 Å². The summed E-state index contributed by atoms with van der Waals surface area (Å²) >= 11 is 0. The fourth-order valence-corrected chi connectivity index (χ4v) is 6.68. The highest BCUT2D eigenvalue weighted by molar-refractivity contribution is 5.76. The lowest BCUT2D eigenvalue weighted by Gasteiger charge is -2.29. The first-order valence-electron chi connectivity index (χ1n) is 17.0. The largest absolute Gasteiger partial charge is 0.448 e. The molecule has 0 radical (unpaired) electrons. The van der Waals surface area contributed by atoms with Crippen LogP contribution < -0.4 is 25.3 Å². The van der Waals surface area contributed by atoms with Crippen molar-refractivity contribution < 1.29 is 28.1 Å². The molecule has 2 aliphatic heterocycles. The molecule has 3 unspecified atom stereocenters. The number of fused-ring (bicyclic) bond motifs is 1. The molecule has 3 heterocycles. The van der Waals surface area contributed by atoms with Crippen molar-refractivity contribution in [1.82, 2.24) is 10.8 Å². The third-order valence-electron chi connectivity index (χ3n) is 9.90. The second kappa shape index (κ2) is 13.7. The minimum absolute atomic E-state index is 0.333. The molecular formula is C38H42FN5O5. The zero-order chi connectivity index (χ0) is 34.1. The van der Waals surface area contributed by atoms with E-state index in [1.165, 1.54) is 6.07 Å². The lowest BCUT2D eigenvalue weighted by Crippen LogP contribution is -2.43. The summed E-state index contributed by atoms with van der Waals surface area (Å²) in [6.45, 7) is 10.1. The maximum absolute atomic E-state index is 15.0. The molecule has 256 valence electrons. The number of hydrogen-bond donors (Lipinski definition) is 2. The van der Waals surface area contributed by atoms with Crippen LogP contribution in [0.25, 0.3) is 11.1 Å². The Kier molecular flexibility index (Phi) is 9.20. The molecule has 1 saturated heterocycles. The van der Waals surface area contributed by atoms with Crippen LogP contribution in [0.1, 0.15) is 61.6 Å². The van der Waals surface area contributed by atoms with E-state index in [4.69, 9.17) is 23.7 Å². The van der Waals surface area contributed by atoms with Crippen LogP contribution in [0.15, 0.2) is 59.1 Å². The minimum atomic E-state index is -0.671. The molecule has 2 fully saturated rings. The van der Waals surface area contributed by atoms with Crippen LogP contribution in [0.2, 0.25) is 0 Å². The Morgan fingerprint density at radius 3 is 2.51 bits per heavy atom. The summed E-state index contributed by atoms with van der Waals surface area (Å²) in [4.78, 5) is 12.7. The third kappa shape index (κ3) is 6.81. The Morgan fingerprint density at radius 2 is 1.84 bits per heavy atom. The fraction of sp³-hybridized carbons (Fsp3) is 0.421. The molecule has 4 aromatic rings. The molecule has 3 aromatic carbocycles. The maximum Gasteiger partial charge on any atom is 0.269 e. The summed E-state index contributed by atoms with van der Waals surface area (Å²) in [6, 6.07) is 20.5. The second-order valence-corrected chi connectivity index (χ2v) is 13.5. The SMILES string of the molecule is Cc1ccc(-c2c(C)noc2C)cc1N(CCC(C)CCNc1cc2c(cc1F)OC(C1CCONO1)O2)c1ccc(C2(C#N)CC2)cc1. The predicted octanol–water partition coefficient (Wildman–Crippen LogP) is 7.95. The number of aromatic nitrogens is 1. The zero-order valence-corrected chi connectivity index (χ0v) is 28.3. The molecule has 0 bridgehead atoms. The number of nitrogens with one attached hydrogen (secondary N) is 2. The first-order chi connectivity index (χ1) is 23.7. The van der Waals surface area contributed by atoms with Crippen molar-refractivity contribution in [2.24, 2.45) is 5.92 Å². The monoisotopic (exact) mass is 667 g/mol. The normalized spacial score (nSPS) is 19.7. The molecule has 7 rings (SSSR count). The molecule has 49 heavy (non-hydrogen) atoms. The van der Waals surface area contributed by atoms with Gasteiger partial charge >= 0.3 is 0 Å². The van der Waals surface area contributed by atoms with E-state index in [0.717, 1.165) is 77.3 Å². The number of ether oxygens (including phenoxy) is 2. The van der Waals surface area contributed by atoms with Crippen LogP contribution in [0.3, 0.4) is 0 Å². The van der Waals surface area contributed by atoms with E-state index in [1.807, 2.05) is 13.8 Å². The Bertz CT molecular complexity index is 1820. The van der Waals surface area contributed by atoms with Crippen molar-refractivity contribution in [3.8, 4) is 28.7 Å². The number of rotatable bonds is 12. The highest BCUT2D eigenvalue weighted by atomic mass is 19.1. The molecular weight excluding hydrogens is 625 g/mol. The van der Waals surface area contributed by atoms with E-state index in [2.05, 4.69) is 83.4 Å². The Labute approximate surface area is 286 Å². The Balaban J connectivity index is 1.03. The van der Waals surface area contributed by atoms with Gasteiger partial charge in [0.05, 0.1) is 29.5 Å². The van der Waals surface area contributed by atoms with Gasteiger partial charge in [0.15, 0.2) is 17.6 Å². The van der Waals surface area contributed by atoms with Gasteiger partial charge < -0.3 is 24.2 Å². The van der Waals surface area contributed by atoms with Gasteiger partial charge in [-0.25, -0.2) is 4.39 Å². The standard InChI is InChI=1S/C38H42FN5O5/c1-23(11-16-41-31-21-35-34(20-30(31)39)46-37(47-35)33-13-18-45-43-49-33)12-17-44(29-9-7-28(8-10-29)38(22-40)14-15-38)32-19-27(6-5-24(32)2)36-25(3)42-48-26(36)4/h5-10,19-21,23,33,37,41,43H,11-18H2,1-4H3. The molecule has 10 nitrogen and oxygen atoms in total. The van der Waals surface area contributed by atoms with Crippen LogP contribution in [-0.4, -0.2) is 37.2 Å². The van der Waals surface area contributed by atoms with Crippen LogP contribution in [-0.2, 0) is 15.1 Å². The summed E-state index contributed by atoms with van der Waals surface area (Å²) in [7, 11) is 0. The van der Waals surface area contributed by atoms with Gasteiger partial charge in [-0.1, -0.05) is 42.0 Å². The minimum Gasteiger partial charge on any atom is -0.448 e. The molecule has 3 atom stereocenters. The highest BCUT2D eigenvalue weighted by Gasteiger charge is 2.44. The number of aryl methyl sites for hydroxylation is 3. The topological polar surface area (TPSA) is 114 Å².